The molecule has 1 amide bonds. The monoisotopic (exact) mass is 439 g/mol. The Bertz CT molecular complexity index is 1150. The highest BCUT2D eigenvalue weighted by molar-refractivity contribution is 7.97. The Balaban J connectivity index is 1.51. The lowest BCUT2D eigenvalue weighted by Gasteiger charge is -2.35. The molecule has 0 radical (unpaired) electrons. The number of fused-ring (bicyclic) bond motifs is 2. The second-order valence-electron chi connectivity index (χ2n) is 7.09. The van der Waals surface area contributed by atoms with E-state index in [0.717, 1.165) is 35.6 Å². The molecule has 3 aromatic heterocycles. The van der Waals surface area contributed by atoms with Gasteiger partial charge in [0.25, 0.3) is 0 Å². The second kappa shape index (κ2) is 7.97. The van der Waals surface area contributed by atoms with Crippen molar-refractivity contribution in [2.75, 3.05) is 12.8 Å². The lowest BCUT2D eigenvalue weighted by molar-refractivity contribution is -0.133. The number of carbonyl (C=O) groups is 1. The number of carbonyl (C=O) groups excluding carboxylic acids is 1. The number of amides is 1. The molecule has 5 rings (SSSR count). The fraction of sp³-hybridized carbons (Fsp3) is 0.273. The van der Waals surface area contributed by atoms with E-state index in [-0.39, 0.29) is 11.9 Å². The molecule has 4 heterocycles. The van der Waals surface area contributed by atoms with E-state index >= 15 is 0 Å². The molecule has 1 atom stereocenters. The Kier molecular flexibility index (Phi) is 5.20. The minimum absolute atomic E-state index is 0.0243. The second-order valence-corrected chi connectivity index (χ2v) is 9.94. The molecule has 1 aliphatic rings. The standard InChI is InChI=1S/C22H21N3OS3/c1-27-14-20-23-16-5-2-3-6-17(16)25(20)13-21(26)24-10-8-18-15(9-12-29-18)22(24)19-7-4-11-28-19/h2-7,9,11-12,22H,8,10,13-14H2,1H3/t22-/m1/s1. The molecule has 7 heteroatoms. The highest BCUT2D eigenvalue weighted by Gasteiger charge is 2.33. The summed E-state index contributed by atoms with van der Waals surface area (Å²) in [6.45, 7) is 1.09. The highest BCUT2D eigenvalue weighted by atomic mass is 32.2. The minimum atomic E-state index is 0.0243. The van der Waals surface area contributed by atoms with E-state index in [0.29, 0.717) is 6.54 Å². The highest BCUT2D eigenvalue weighted by Crippen LogP contribution is 2.39. The van der Waals surface area contributed by atoms with Crippen LogP contribution >= 0.6 is 34.4 Å². The van der Waals surface area contributed by atoms with E-state index in [4.69, 9.17) is 4.98 Å². The SMILES string of the molecule is CSCc1nc2ccccc2n1CC(=O)N1CCc2sccc2[C@@H]1c1cccs1. The van der Waals surface area contributed by atoms with Gasteiger partial charge in [0.15, 0.2) is 0 Å². The van der Waals surface area contributed by atoms with Crippen LogP contribution in [0.25, 0.3) is 11.0 Å². The van der Waals surface area contributed by atoms with Crippen molar-refractivity contribution >= 4 is 51.4 Å². The fourth-order valence-electron chi connectivity index (χ4n) is 4.11. The van der Waals surface area contributed by atoms with Gasteiger partial charge >= 0.3 is 0 Å². The largest absolute Gasteiger partial charge is 0.329 e. The van der Waals surface area contributed by atoms with Gasteiger partial charge in [0, 0.05) is 16.3 Å². The average Bonchev–Trinajstić information content (AvgIpc) is 3.48. The molecule has 4 aromatic rings. The predicted molar refractivity (Wildman–Crippen MR) is 123 cm³/mol. The Morgan fingerprint density at radius 3 is 2.90 bits per heavy atom. The maximum atomic E-state index is 13.6. The summed E-state index contributed by atoms with van der Waals surface area (Å²) in [6.07, 6.45) is 3.00. The third-order valence-electron chi connectivity index (χ3n) is 5.40. The molecule has 0 bridgehead atoms. The van der Waals surface area contributed by atoms with Crippen LogP contribution in [-0.2, 0) is 23.5 Å². The number of imidazole rings is 1. The van der Waals surface area contributed by atoms with Crippen LogP contribution in [0.1, 0.15) is 27.2 Å². The number of hydrogen-bond donors (Lipinski definition) is 0. The van der Waals surface area contributed by atoms with Crippen molar-refractivity contribution in [1.82, 2.24) is 14.5 Å². The van der Waals surface area contributed by atoms with Crippen LogP contribution in [0.5, 0.6) is 0 Å². The van der Waals surface area contributed by atoms with Crippen LogP contribution in [-0.4, -0.2) is 33.2 Å². The summed E-state index contributed by atoms with van der Waals surface area (Å²) in [6, 6.07) is 14.5. The number of thioether (sulfide) groups is 1. The van der Waals surface area contributed by atoms with E-state index in [2.05, 4.69) is 50.7 Å². The summed E-state index contributed by atoms with van der Waals surface area (Å²) in [5.41, 5.74) is 3.28. The van der Waals surface area contributed by atoms with Crippen molar-refractivity contribution in [1.29, 1.82) is 0 Å². The number of nitrogens with zero attached hydrogens (tertiary/aromatic N) is 3. The zero-order chi connectivity index (χ0) is 19.8. The first-order chi connectivity index (χ1) is 14.3. The van der Waals surface area contributed by atoms with Gasteiger partial charge in [0.2, 0.25) is 5.91 Å². The van der Waals surface area contributed by atoms with Crippen molar-refractivity contribution in [2.24, 2.45) is 0 Å². The average molecular weight is 440 g/mol. The number of aromatic nitrogens is 2. The van der Waals surface area contributed by atoms with Gasteiger partial charge < -0.3 is 9.47 Å². The molecule has 0 N–H and O–H groups in total. The van der Waals surface area contributed by atoms with Crippen LogP contribution in [0.2, 0.25) is 0 Å². The van der Waals surface area contributed by atoms with Crippen LogP contribution in [0.3, 0.4) is 0 Å². The summed E-state index contributed by atoms with van der Waals surface area (Å²) in [7, 11) is 0. The van der Waals surface area contributed by atoms with Crippen molar-refractivity contribution in [3.8, 4) is 0 Å². The maximum Gasteiger partial charge on any atom is 0.243 e. The van der Waals surface area contributed by atoms with E-state index in [1.807, 2.05) is 18.2 Å². The van der Waals surface area contributed by atoms with Crippen LogP contribution < -0.4 is 0 Å². The molecule has 0 saturated heterocycles. The topological polar surface area (TPSA) is 38.1 Å². The predicted octanol–water partition coefficient (Wildman–Crippen LogP) is 5.20. The van der Waals surface area contributed by atoms with Gasteiger partial charge in [0.1, 0.15) is 12.4 Å². The van der Waals surface area contributed by atoms with Crippen molar-refractivity contribution in [3.63, 3.8) is 0 Å². The zero-order valence-corrected chi connectivity index (χ0v) is 18.5. The van der Waals surface area contributed by atoms with E-state index in [1.54, 1.807) is 34.4 Å². The summed E-state index contributed by atoms with van der Waals surface area (Å²) in [5, 5.41) is 4.25. The molecule has 0 unspecified atom stereocenters. The van der Waals surface area contributed by atoms with Crippen LogP contribution in [0, 0.1) is 0 Å². The first-order valence-electron chi connectivity index (χ1n) is 9.58. The smallest absolute Gasteiger partial charge is 0.243 e. The Morgan fingerprint density at radius 1 is 1.17 bits per heavy atom. The molecule has 0 spiro atoms. The van der Waals surface area contributed by atoms with Gasteiger partial charge in [-0.05, 0) is 53.3 Å². The number of thiophene rings is 2. The van der Waals surface area contributed by atoms with Gasteiger partial charge in [-0.1, -0.05) is 18.2 Å². The summed E-state index contributed by atoms with van der Waals surface area (Å²) < 4.78 is 2.10. The van der Waals surface area contributed by atoms with Gasteiger partial charge in [-0.3, -0.25) is 4.79 Å². The number of para-hydroxylation sites is 2. The molecular formula is C22H21N3OS3. The first kappa shape index (κ1) is 18.9. The van der Waals surface area contributed by atoms with Crippen LogP contribution in [0.15, 0.2) is 53.2 Å². The van der Waals surface area contributed by atoms with E-state index < -0.39 is 0 Å². The molecule has 148 valence electrons. The van der Waals surface area contributed by atoms with Gasteiger partial charge in [-0.25, -0.2) is 4.98 Å². The lowest BCUT2D eigenvalue weighted by Crippen LogP contribution is -2.41. The third kappa shape index (κ3) is 3.41. The van der Waals surface area contributed by atoms with Gasteiger partial charge in [0.05, 0.1) is 22.8 Å². The van der Waals surface area contributed by atoms with Crippen molar-refractivity contribution < 1.29 is 4.79 Å². The quantitative estimate of drug-likeness (QED) is 0.429. The van der Waals surface area contributed by atoms with Gasteiger partial charge in [-0.2, -0.15) is 11.8 Å². The maximum absolute atomic E-state index is 13.6. The van der Waals surface area contributed by atoms with Crippen LogP contribution in [0.4, 0.5) is 0 Å². The first-order valence-corrected chi connectivity index (χ1v) is 12.7. The lowest BCUT2D eigenvalue weighted by atomic mass is 9.98. The molecule has 4 nitrogen and oxygen atoms in total. The minimum Gasteiger partial charge on any atom is -0.329 e. The molecule has 0 aliphatic carbocycles. The Labute approximate surface area is 182 Å². The molecular weight excluding hydrogens is 418 g/mol. The fourth-order valence-corrected chi connectivity index (χ4v) is 6.34. The molecule has 1 aromatic carbocycles. The van der Waals surface area contributed by atoms with Crippen molar-refractivity contribution in [2.45, 2.75) is 24.8 Å². The number of hydrogen-bond acceptors (Lipinski definition) is 5. The Morgan fingerprint density at radius 2 is 2.07 bits per heavy atom. The summed E-state index contributed by atoms with van der Waals surface area (Å²) in [5.74, 6) is 1.92. The Hall–Kier alpha value is -2.09. The summed E-state index contributed by atoms with van der Waals surface area (Å²) in [4.78, 5) is 23.1. The zero-order valence-electron chi connectivity index (χ0n) is 16.1. The van der Waals surface area contributed by atoms with E-state index in [9.17, 15) is 4.79 Å². The van der Waals surface area contributed by atoms with Crippen molar-refractivity contribution in [3.05, 3.63) is 74.4 Å². The van der Waals surface area contributed by atoms with E-state index in [1.165, 1.54) is 15.3 Å². The summed E-state index contributed by atoms with van der Waals surface area (Å²) >= 11 is 5.26. The molecule has 0 saturated carbocycles. The molecule has 29 heavy (non-hydrogen) atoms. The molecule has 1 aliphatic heterocycles. The number of rotatable bonds is 5. The molecule has 0 fully saturated rings. The van der Waals surface area contributed by atoms with Gasteiger partial charge in [-0.15, -0.1) is 22.7 Å². The normalized spacial score (nSPS) is 16.3. The third-order valence-corrected chi connectivity index (χ3v) is 7.87. The number of benzene rings is 1.